The van der Waals surface area contributed by atoms with Crippen LogP contribution in [0.3, 0.4) is 0 Å². The second-order valence-electron chi connectivity index (χ2n) is 4.44. The molecule has 0 radical (unpaired) electrons. The van der Waals surface area contributed by atoms with Crippen molar-refractivity contribution in [3.63, 3.8) is 0 Å². The fourth-order valence-corrected chi connectivity index (χ4v) is 1.95. The summed E-state index contributed by atoms with van der Waals surface area (Å²) in [5.41, 5.74) is -0.0222. The number of hydrogen-bond acceptors (Lipinski definition) is 5. The van der Waals surface area contributed by atoms with Gasteiger partial charge in [0.2, 0.25) is 0 Å². The van der Waals surface area contributed by atoms with Crippen molar-refractivity contribution in [2.24, 2.45) is 0 Å². The van der Waals surface area contributed by atoms with Crippen LogP contribution in [0.25, 0.3) is 11.0 Å². The minimum atomic E-state index is -0.434. The normalized spacial score (nSPS) is 10.6. The van der Waals surface area contributed by atoms with Crippen LogP contribution in [0.4, 0.5) is 0 Å². The topological polar surface area (TPSA) is 80.0 Å². The van der Waals surface area contributed by atoms with Gasteiger partial charge >= 0.3 is 5.63 Å². The summed E-state index contributed by atoms with van der Waals surface area (Å²) in [6, 6.07) is 8.05. The number of likely N-dealkylation sites (N-methyl/N-ethyl adjacent to an activating group) is 1. The van der Waals surface area contributed by atoms with Gasteiger partial charge in [0.15, 0.2) is 6.61 Å². The highest BCUT2D eigenvalue weighted by Gasteiger charge is 2.11. The predicted octanol–water partition coefficient (Wildman–Crippen LogP) is 1.01. The molecule has 0 atom stereocenters. The van der Waals surface area contributed by atoms with Crippen molar-refractivity contribution in [3.8, 4) is 5.75 Å². The standard InChI is InChI=1S/C15H17NO5/c1-2-16(7-8-17)14(18)10-20-12-5-3-11-4-6-15(19)21-13(11)9-12/h3-6,9,17H,2,7-8,10H2,1H3. The van der Waals surface area contributed by atoms with Crippen molar-refractivity contribution >= 4 is 16.9 Å². The molecule has 1 N–H and O–H groups in total. The summed E-state index contributed by atoms with van der Waals surface area (Å²) in [6.45, 7) is 2.41. The summed E-state index contributed by atoms with van der Waals surface area (Å²) >= 11 is 0. The summed E-state index contributed by atoms with van der Waals surface area (Å²) in [6.07, 6.45) is 0. The minimum Gasteiger partial charge on any atom is -0.484 e. The van der Waals surface area contributed by atoms with Crippen LogP contribution in [-0.4, -0.2) is 42.2 Å². The highest BCUT2D eigenvalue weighted by molar-refractivity contribution is 5.79. The monoisotopic (exact) mass is 291 g/mol. The quantitative estimate of drug-likeness (QED) is 0.804. The molecule has 0 aliphatic heterocycles. The zero-order valence-corrected chi connectivity index (χ0v) is 11.7. The number of aliphatic hydroxyl groups is 1. The summed E-state index contributed by atoms with van der Waals surface area (Å²) < 4.78 is 10.5. The van der Waals surface area contributed by atoms with E-state index in [-0.39, 0.29) is 25.7 Å². The van der Waals surface area contributed by atoms with Gasteiger partial charge in [0, 0.05) is 30.6 Å². The van der Waals surface area contributed by atoms with Crippen LogP contribution in [0.1, 0.15) is 6.92 Å². The number of rotatable bonds is 6. The smallest absolute Gasteiger partial charge is 0.336 e. The molecule has 1 aromatic heterocycles. The van der Waals surface area contributed by atoms with Gasteiger partial charge in [-0.2, -0.15) is 0 Å². The number of benzene rings is 1. The first-order valence-corrected chi connectivity index (χ1v) is 6.69. The molecule has 0 aliphatic rings. The van der Waals surface area contributed by atoms with Gasteiger partial charge in [0.25, 0.3) is 5.91 Å². The van der Waals surface area contributed by atoms with Crippen molar-refractivity contribution in [1.29, 1.82) is 0 Å². The zero-order valence-electron chi connectivity index (χ0n) is 11.7. The van der Waals surface area contributed by atoms with Crippen LogP contribution < -0.4 is 10.4 Å². The highest BCUT2D eigenvalue weighted by Crippen LogP contribution is 2.19. The van der Waals surface area contributed by atoms with Gasteiger partial charge in [-0.3, -0.25) is 4.79 Å². The minimum absolute atomic E-state index is 0.0826. The molecule has 2 aromatic rings. The molecular formula is C15H17NO5. The van der Waals surface area contributed by atoms with Crippen molar-refractivity contribution < 1.29 is 19.1 Å². The first kappa shape index (κ1) is 15.1. The maximum Gasteiger partial charge on any atom is 0.336 e. The summed E-state index contributed by atoms with van der Waals surface area (Å²) in [5.74, 6) is 0.242. The lowest BCUT2D eigenvalue weighted by molar-refractivity contribution is -0.133. The fourth-order valence-electron chi connectivity index (χ4n) is 1.95. The lowest BCUT2D eigenvalue weighted by atomic mass is 10.2. The second-order valence-corrected chi connectivity index (χ2v) is 4.44. The molecule has 0 saturated carbocycles. The van der Waals surface area contributed by atoms with Gasteiger partial charge in [-0.05, 0) is 25.1 Å². The maximum atomic E-state index is 11.9. The Labute approximate surface area is 121 Å². The molecule has 0 bridgehead atoms. The Bertz CT molecular complexity index is 679. The molecule has 1 amide bonds. The van der Waals surface area contributed by atoms with E-state index in [1.807, 2.05) is 6.92 Å². The van der Waals surface area contributed by atoms with Gasteiger partial charge in [-0.15, -0.1) is 0 Å². The molecule has 112 valence electrons. The molecule has 0 unspecified atom stereocenters. The van der Waals surface area contributed by atoms with E-state index in [1.54, 1.807) is 24.3 Å². The van der Waals surface area contributed by atoms with E-state index in [0.717, 1.165) is 5.39 Å². The number of carbonyl (C=O) groups excluding carboxylic acids is 1. The van der Waals surface area contributed by atoms with E-state index in [9.17, 15) is 9.59 Å². The van der Waals surface area contributed by atoms with E-state index >= 15 is 0 Å². The third-order valence-electron chi connectivity index (χ3n) is 3.06. The van der Waals surface area contributed by atoms with E-state index in [1.165, 1.54) is 11.0 Å². The molecule has 1 heterocycles. The predicted molar refractivity (Wildman–Crippen MR) is 77.3 cm³/mol. The average Bonchev–Trinajstić information content (AvgIpc) is 2.49. The van der Waals surface area contributed by atoms with Crippen molar-refractivity contribution in [2.75, 3.05) is 26.3 Å². The number of aliphatic hydroxyl groups excluding tert-OH is 1. The Balaban J connectivity index is 2.06. The van der Waals surface area contributed by atoms with Crippen LogP contribution in [0.2, 0.25) is 0 Å². The molecular weight excluding hydrogens is 274 g/mol. The third-order valence-corrected chi connectivity index (χ3v) is 3.06. The van der Waals surface area contributed by atoms with Gasteiger partial charge in [-0.1, -0.05) is 0 Å². The summed E-state index contributed by atoms with van der Waals surface area (Å²) in [7, 11) is 0. The van der Waals surface area contributed by atoms with Gasteiger partial charge in [-0.25, -0.2) is 4.79 Å². The van der Waals surface area contributed by atoms with E-state index in [0.29, 0.717) is 17.9 Å². The van der Waals surface area contributed by atoms with Crippen LogP contribution in [-0.2, 0) is 4.79 Å². The molecule has 6 heteroatoms. The van der Waals surface area contributed by atoms with Crippen LogP contribution >= 0.6 is 0 Å². The third kappa shape index (κ3) is 3.82. The van der Waals surface area contributed by atoms with Crippen LogP contribution in [0.15, 0.2) is 39.5 Å². The van der Waals surface area contributed by atoms with E-state index in [2.05, 4.69) is 0 Å². The Morgan fingerprint density at radius 2 is 2.10 bits per heavy atom. The second kappa shape index (κ2) is 6.90. The summed E-state index contributed by atoms with van der Waals surface area (Å²) in [4.78, 5) is 24.5. The zero-order chi connectivity index (χ0) is 15.2. The van der Waals surface area contributed by atoms with Crippen LogP contribution in [0, 0.1) is 0 Å². The molecule has 0 aliphatic carbocycles. The number of amides is 1. The van der Waals surface area contributed by atoms with Crippen LogP contribution in [0.5, 0.6) is 5.75 Å². The number of hydrogen-bond donors (Lipinski definition) is 1. The maximum absolute atomic E-state index is 11.9. The molecule has 21 heavy (non-hydrogen) atoms. The Hall–Kier alpha value is -2.34. The largest absolute Gasteiger partial charge is 0.484 e. The number of carbonyl (C=O) groups is 1. The Morgan fingerprint density at radius 1 is 1.33 bits per heavy atom. The summed E-state index contributed by atoms with van der Waals surface area (Å²) in [5, 5.41) is 9.65. The highest BCUT2D eigenvalue weighted by atomic mass is 16.5. The lowest BCUT2D eigenvalue weighted by Crippen LogP contribution is -2.36. The number of ether oxygens (including phenoxy) is 1. The van der Waals surface area contributed by atoms with E-state index in [4.69, 9.17) is 14.3 Å². The van der Waals surface area contributed by atoms with E-state index < -0.39 is 5.63 Å². The Morgan fingerprint density at radius 3 is 2.81 bits per heavy atom. The molecule has 2 rings (SSSR count). The van der Waals surface area contributed by atoms with Gasteiger partial charge in [0.05, 0.1) is 6.61 Å². The van der Waals surface area contributed by atoms with Crippen molar-refractivity contribution in [2.45, 2.75) is 6.92 Å². The lowest BCUT2D eigenvalue weighted by Gasteiger charge is -2.19. The Kier molecular flexibility index (Phi) is 4.94. The molecule has 1 aromatic carbocycles. The van der Waals surface area contributed by atoms with Gasteiger partial charge in [0.1, 0.15) is 11.3 Å². The average molecular weight is 291 g/mol. The SMILES string of the molecule is CCN(CCO)C(=O)COc1ccc2ccc(=O)oc2c1. The molecule has 0 fully saturated rings. The molecule has 6 nitrogen and oxygen atoms in total. The van der Waals surface area contributed by atoms with Crippen molar-refractivity contribution in [1.82, 2.24) is 4.90 Å². The first-order valence-electron chi connectivity index (χ1n) is 6.69. The molecule has 0 saturated heterocycles. The first-order chi connectivity index (χ1) is 10.1. The van der Waals surface area contributed by atoms with Crippen molar-refractivity contribution in [3.05, 3.63) is 40.8 Å². The number of fused-ring (bicyclic) bond motifs is 1. The molecule has 0 spiro atoms. The van der Waals surface area contributed by atoms with Gasteiger partial charge < -0.3 is 19.2 Å². The number of nitrogens with zero attached hydrogens (tertiary/aromatic N) is 1. The fraction of sp³-hybridized carbons (Fsp3) is 0.333.